The fourth-order valence-electron chi connectivity index (χ4n) is 1.39. The molecule has 0 unspecified atom stereocenters. The third-order valence-corrected chi connectivity index (χ3v) is 2.26. The Morgan fingerprint density at radius 2 is 1.64 bits per heavy atom. The Labute approximate surface area is 129 Å². The quantitative estimate of drug-likeness (QED) is 0.723. The Bertz CT molecular complexity index is 468. The van der Waals surface area contributed by atoms with Crippen LogP contribution in [0.1, 0.15) is 27.2 Å². The summed E-state index contributed by atoms with van der Waals surface area (Å²) in [5, 5.41) is 5.67. The molecule has 2 N–H and O–H groups in total. The van der Waals surface area contributed by atoms with E-state index in [1.807, 2.05) is 20.8 Å². The van der Waals surface area contributed by atoms with Gasteiger partial charge in [-0.1, -0.05) is 0 Å². The van der Waals surface area contributed by atoms with Crippen LogP contribution in [0.25, 0.3) is 0 Å². The number of anilines is 1. The summed E-state index contributed by atoms with van der Waals surface area (Å²) in [5.41, 5.74) is -0.500. The van der Waals surface area contributed by atoms with Gasteiger partial charge in [0.1, 0.15) is 5.60 Å². The van der Waals surface area contributed by atoms with Gasteiger partial charge in [-0.15, -0.1) is 4.98 Å². The van der Waals surface area contributed by atoms with E-state index in [0.29, 0.717) is 25.5 Å². The van der Waals surface area contributed by atoms with Gasteiger partial charge in [0.05, 0.1) is 14.2 Å². The lowest BCUT2D eigenvalue weighted by molar-refractivity contribution is 0.0528. The maximum Gasteiger partial charge on any atom is 0.407 e. The standard InChI is InChI=1S/C13H23N5O4/c1-13(2,3)22-12(19)15-8-6-7-14-9-16-10(20-4)18-11(17-9)21-5/h6-8H2,1-5H3,(H,15,19)(H,14,16,17,18). The molecule has 22 heavy (non-hydrogen) atoms. The number of amides is 1. The fraction of sp³-hybridized carbons (Fsp3) is 0.692. The van der Waals surface area contributed by atoms with Gasteiger partial charge in [0.25, 0.3) is 0 Å². The Morgan fingerprint density at radius 3 is 2.14 bits per heavy atom. The minimum absolute atomic E-state index is 0.168. The van der Waals surface area contributed by atoms with Gasteiger partial charge in [-0.3, -0.25) is 0 Å². The zero-order valence-corrected chi connectivity index (χ0v) is 13.6. The molecule has 1 rings (SSSR count). The van der Waals surface area contributed by atoms with Crippen LogP contribution in [-0.2, 0) is 4.74 Å². The van der Waals surface area contributed by atoms with Crippen molar-refractivity contribution >= 4 is 12.0 Å². The zero-order valence-electron chi connectivity index (χ0n) is 13.6. The van der Waals surface area contributed by atoms with Gasteiger partial charge in [0.2, 0.25) is 5.95 Å². The van der Waals surface area contributed by atoms with Crippen LogP contribution in [0.5, 0.6) is 12.0 Å². The Morgan fingerprint density at radius 1 is 1.05 bits per heavy atom. The average Bonchev–Trinajstić information content (AvgIpc) is 2.44. The lowest BCUT2D eigenvalue weighted by Crippen LogP contribution is -2.33. The van der Waals surface area contributed by atoms with E-state index in [1.165, 1.54) is 14.2 Å². The van der Waals surface area contributed by atoms with Crippen molar-refractivity contribution in [3.63, 3.8) is 0 Å². The summed E-state index contributed by atoms with van der Waals surface area (Å²) in [6.45, 7) is 6.48. The van der Waals surface area contributed by atoms with Crippen molar-refractivity contribution in [1.29, 1.82) is 0 Å². The highest BCUT2D eigenvalue weighted by atomic mass is 16.6. The van der Waals surface area contributed by atoms with Crippen molar-refractivity contribution in [2.75, 3.05) is 32.6 Å². The summed E-state index contributed by atoms with van der Waals surface area (Å²) in [6, 6.07) is 0.336. The number of hydrogen-bond donors (Lipinski definition) is 2. The van der Waals surface area contributed by atoms with Gasteiger partial charge >= 0.3 is 18.1 Å². The van der Waals surface area contributed by atoms with Crippen LogP contribution in [0, 0.1) is 0 Å². The number of rotatable bonds is 7. The van der Waals surface area contributed by atoms with Crippen molar-refractivity contribution in [3.05, 3.63) is 0 Å². The number of nitrogens with zero attached hydrogens (tertiary/aromatic N) is 3. The van der Waals surface area contributed by atoms with E-state index in [2.05, 4.69) is 25.6 Å². The number of methoxy groups -OCH3 is 2. The molecule has 0 spiro atoms. The molecular weight excluding hydrogens is 290 g/mol. The number of carbonyl (C=O) groups is 1. The molecule has 1 aromatic rings. The first-order chi connectivity index (χ1) is 10.3. The fourth-order valence-corrected chi connectivity index (χ4v) is 1.39. The second-order valence-electron chi connectivity index (χ2n) is 5.34. The lowest BCUT2D eigenvalue weighted by atomic mass is 10.2. The summed E-state index contributed by atoms with van der Waals surface area (Å²) < 4.78 is 15.0. The van der Waals surface area contributed by atoms with Gasteiger partial charge in [-0.25, -0.2) is 4.79 Å². The van der Waals surface area contributed by atoms with Crippen molar-refractivity contribution in [2.24, 2.45) is 0 Å². The third kappa shape index (κ3) is 6.91. The number of aromatic nitrogens is 3. The minimum Gasteiger partial charge on any atom is -0.467 e. The summed E-state index contributed by atoms with van der Waals surface area (Å²) in [4.78, 5) is 23.4. The molecule has 0 fully saturated rings. The molecular formula is C13H23N5O4. The predicted molar refractivity (Wildman–Crippen MR) is 80.3 cm³/mol. The van der Waals surface area contributed by atoms with Crippen LogP contribution in [0.4, 0.5) is 10.7 Å². The molecule has 0 atom stereocenters. The van der Waals surface area contributed by atoms with Crippen LogP contribution in [0.15, 0.2) is 0 Å². The summed E-state index contributed by atoms with van der Waals surface area (Å²) in [5.74, 6) is 0.348. The number of hydrogen-bond acceptors (Lipinski definition) is 8. The van der Waals surface area contributed by atoms with Crippen LogP contribution < -0.4 is 20.1 Å². The molecule has 9 nitrogen and oxygen atoms in total. The highest BCUT2D eigenvalue weighted by molar-refractivity contribution is 5.67. The Hall–Kier alpha value is -2.32. The zero-order chi connectivity index (χ0) is 16.6. The first-order valence-corrected chi connectivity index (χ1v) is 6.89. The number of ether oxygens (including phenoxy) is 3. The smallest absolute Gasteiger partial charge is 0.407 e. The van der Waals surface area contributed by atoms with E-state index in [4.69, 9.17) is 14.2 Å². The topological polar surface area (TPSA) is 107 Å². The SMILES string of the molecule is COc1nc(NCCCNC(=O)OC(C)(C)C)nc(OC)n1. The Balaban J connectivity index is 2.31. The highest BCUT2D eigenvalue weighted by Crippen LogP contribution is 2.11. The molecule has 0 aliphatic heterocycles. The van der Waals surface area contributed by atoms with Gasteiger partial charge < -0.3 is 24.8 Å². The molecule has 124 valence electrons. The van der Waals surface area contributed by atoms with Crippen molar-refractivity contribution in [1.82, 2.24) is 20.3 Å². The largest absolute Gasteiger partial charge is 0.467 e. The molecule has 0 saturated carbocycles. The second kappa shape index (κ2) is 8.20. The van der Waals surface area contributed by atoms with E-state index in [0.717, 1.165) is 0 Å². The monoisotopic (exact) mass is 313 g/mol. The third-order valence-electron chi connectivity index (χ3n) is 2.26. The molecule has 1 amide bonds. The van der Waals surface area contributed by atoms with E-state index < -0.39 is 11.7 Å². The van der Waals surface area contributed by atoms with E-state index in [9.17, 15) is 4.79 Å². The number of nitrogens with one attached hydrogen (secondary N) is 2. The van der Waals surface area contributed by atoms with Crippen LogP contribution >= 0.6 is 0 Å². The van der Waals surface area contributed by atoms with Crippen molar-refractivity contribution < 1.29 is 19.0 Å². The molecule has 0 aromatic carbocycles. The first kappa shape index (κ1) is 17.7. The normalized spacial score (nSPS) is 10.8. The highest BCUT2D eigenvalue weighted by Gasteiger charge is 2.15. The molecule has 1 aromatic heterocycles. The van der Waals surface area contributed by atoms with Crippen LogP contribution in [-0.4, -0.2) is 54.0 Å². The molecule has 0 aliphatic carbocycles. The van der Waals surface area contributed by atoms with Crippen molar-refractivity contribution in [3.8, 4) is 12.0 Å². The van der Waals surface area contributed by atoms with Gasteiger partial charge in [0, 0.05) is 13.1 Å². The van der Waals surface area contributed by atoms with E-state index in [-0.39, 0.29) is 12.0 Å². The average molecular weight is 313 g/mol. The summed E-state index contributed by atoms with van der Waals surface area (Å²) >= 11 is 0. The predicted octanol–water partition coefficient (Wildman–Crippen LogP) is 1.22. The molecule has 1 heterocycles. The molecule has 9 heteroatoms. The minimum atomic E-state index is -0.500. The summed E-state index contributed by atoms with van der Waals surface area (Å²) in [6.07, 6.45) is 0.242. The first-order valence-electron chi connectivity index (χ1n) is 6.89. The van der Waals surface area contributed by atoms with Crippen LogP contribution in [0.2, 0.25) is 0 Å². The van der Waals surface area contributed by atoms with E-state index >= 15 is 0 Å². The number of alkyl carbamates (subject to hydrolysis) is 1. The molecule has 0 aliphatic rings. The summed E-state index contributed by atoms with van der Waals surface area (Å²) in [7, 11) is 2.92. The molecule has 0 radical (unpaired) electrons. The molecule has 0 bridgehead atoms. The van der Waals surface area contributed by atoms with Gasteiger partial charge in [0.15, 0.2) is 0 Å². The molecule has 0 saturated heterocycles. The van der Waals surface area contributed by atoms with Gasteiger partial charge in [-0.2, -0.15) is 9.97 Å². The Kier molecular flexibility index (Phi) is 6.61. The van der Waals surface area contributed by atoms with Crippen LogP contribution in [0.3, 0.4) is 0 Å². The van der Waals surface area contributed by atoms with E-state index in [1.54, 1.807) is 0 Å². The maximum absolute atomic E-state index is 11.4. The van der Waals surface area contributed by atoms with Gasteiger partial charge in [-0.05, 0) is 27.2 Å². The van der Waals surface area contributed by atoms with Crippen molar-refractivity contribution in [2.45, 2.75) is 32.8 Å². The number of carbonyl (C=O) groups excluding carboxylic acids is 1. The lowest BCUT2D eigenvalue weighted by Gasteiger charge is -2.19. The second-order valence-corrected chi connectivity index (χ2v) is 5.34. The maximum atomic E-state index is 11.4.